The summed E-state index contributed by atoms with van der Waals surface area (Å²) in [5, 5.41) is 13.5. The Hall–Kier alpha value is -2.70. The van der Waals surface area contributed by atoms with E-state index in [9.17, 15) is 14.9 Å². The summed E-state index contributed by atoms with van der Waals surface area (Å²) in [6.45, 7) is 2.05. The van der Waals surface area contributed by atoms with Gasteiger partial charge in [0.1, 0.15) is 5.82 Å². The van der Waals surface area contributed by atoms with Crippen LogP contribution in [0.5, 0.6) is 0 Å². The summed E-state index contributed by atoms with van der Waals surface area (Å²) >= 11 is 0. The Morgan fingerprint density at radius 3 is 2.95 bits per heavy atom. The predicted molar refractivity (Wildman–Crippen MR) is 72.5 cm³/mol. The fraction of sp³-hybridized carbons (Fsp3) is 0.231. The van der Waals surface area contributed by atoms with E-state index in [0.29, 0.717) is 18.5 Å². The second-order valence-electron chi connectivity index (χ2n) is 4.30. The standard InChI is InChI=1S/C13H14N4O3/c1-9-2-3-10(8-11(9)17(19)20)13(18)16-5-4-12-14-6-7-15-12/h2-3,6-8H,4-5H2,1H3,(H,14,15)(H,16,18). The number of hydrogen-bond donors (Lipinski definition) is 2. The summed E-state index contributed by atoms with van der Waals surface area (Å²) in [6.07, 6.45) is 3.92. The average Bonchev–Trinajstić information content (AvgIpc) is 2.92. The van der Waals surface area contributed by atoms with Crippen LogP contribution in [0.2, 0.25) is 0 Å². The van der Waals surface area contributed by atoms with Crippen molar-refractivity contribution >= 4 is 11.6 Å². The Morgan fingerprint density at radius 1 is 1.50 bits per heavy atom. The van der Waals surface area contributed by atoms with Crippen LogP contribution in [-0.2, 0) is 6.42 Å². The maximum absolute atomic E-state index is 11.9. The van der Waals surface area contributed by atoms with Crippen LogP contribution in [0.15, 0.2) is 30.6 Å². The molecule has 1 aromatic carbocycles. The molecule has 0 bridgehead atoms. The number of carbonyl (C=O) groups is 1. The lowest BCUT2D eigenvalue weighted by Crippen LogP contribution is -2.26. The molecule has 7 nitrogen and oxygen atoms in total. The third-order valence-electron chi connectivity index (χ3n) is 2.87. The van der Waals surface area contributed by atoms with Gasteiger partial charge < -0.3 is 10.3 Å². The zero-order valence-corrected chi connectivity index (χ0v) is 10.9. The van der Waals surface area contributed by atoms with Gasteiger partial charge in [0.25, 0.3) is 11.6 Å². The predicted octanol–water partition coefficient (Wildman–Crippen LogP) is 1.60. The van der Waals surface area contributed by atoms with Crippen LogP contribution >= 0.6 is 0 Å². The first-order chi connectivity index (χ1) is 9.58. The molecule has 1 aromatic heterocycles. The van der Waals surface area contributed by atoms with Crippen molar-refractivity contribution in [2.45, 2.75) is 13.3 Å². The van der Waals surface area contributed by atoms with Crippen molar-refractivity contribution in [2.75, 3.05) is 6.54 Å². The number of nitrogens with one attached hydrogen (secondary N) is 2. The zero-order chi connectivity index (χ0) is 14.5. The summed E-state index contributed by atoms with van der Waals surface area (Å²) < 4.78 is 0. The third-order valence-corrected chi connectivity index (χ3v) is 2.87. The number of aromatic nitrogens is 2. The molecular weight excluding hydrogens is 260 g/mol. The Kier molecular flexibility index (Phi) is 4.09. The van der Waals surface area contributed by atoms with Gasteiger partial charge in [-0.15, -0.1) is 0 Å². The van der Waals surface area contributed by atoms with E-state index in [1.54, 1.807) is 31.5 Å². The van der Waals surface area contributed by atoms with E-state index in [4.69, 9.17) is 0 Å². The minimum absolute atomic E-state index is 0.0521. The number of imidazole rings is 1. The maximum Gasteiger partial charge on any atom is 0.273 e. The van der Waals surface area contributed by atoms with Gasteiger partial charge in [0.2, 0.25) is 0 Å². The SMILES string of the molecule is Cc1ccc(C(=O)NCCc2ncc[nH]2)cc1[N+](=O)[O-]. The molecule has 0 unspecified atom stereocenters. The van der Waals surface area contributed by atoms with Crippen LogP contribution in [0.1, 0.15) is 21.7 Å². The Morgan fingerprint density at radius 2 is 2.30 bits per heavy atom. The van der Waals surface area contributed by atoms with Crippen molar-refractivity contribution in [3.8, 4) is 0 Å². The number of nitrogens with zero attached hydrogens (tertiary/aromatic N) is 2. The summed E-state index contributed by atoms with van der Waals surface area (Å²) in [4.78, 5) is 29.2. The molecule has 0 spiro atoms. The molecule has 104 valence electrons. The molecule has 0 aliphatic carbocycles. The second-order valence-corrected chi connectivity index (χ2v) is 4.30. The molecule has 0 radical (unpaired) electrons. The molecule has 0 saturated carbocycles. The van der Waals surface area contributed by atoms with Gasteiger partial charge >= 0.3 is 0 Å². The molecular formula is C13H14N4O3. The van der Waals surface area contributed by atoms with Crippen LogP contribution in [0.3, 0.4) is 0 Å². The molecule has 1 amide bonds. The van der Waals surface area contributed by atoms with E-state index in [2.05, 4.69) is 15.3 Å². The van der Waals surface area contributed by atoms with Crippen LogP contribution in [0, 0.1) is 17.0 Å². The summed E-state index contributed by atoms with van der Waals surface area (Å²) in [7, 11) is 0. The lowest BCUT2D eigenvalue weighted by Gasteiger charge is -2.05. The summed E-state index contributed by atoms with van der Waals surface area (Å²) in [6, 6.07) is 4.43. The molecule has 0 fully saturated rings. The first-order valence-electron chi connectivity index (χ1n) is 6.09. The van der Waals surface area contributed by atoms with Gasteiger partial charge in [-0.3, -0.25) is 14.9 Å². The quantitative estimate of drug-likeness (QED) is 0.638. The first-order valence-corrected chi connectivity index (χ1v) is 6.09. The van der Waals surface area contributed by atoms with Gasteiger partial charge in [-0.05, 0) is 13.0 Å². The van der Waals surface area contributed by atoms with E-state index >= 15 is 0 Å². The number of aryl methyl sites for hydroxylation is 1. The molecule has 20 heavy (non-hydrogen) atoms. The molecule has 0 aliphatic heterocycles. The van der Waals surface area contributed by atoms with Crippen LogP contribution < -0.4 is 5.32 Å². The maximum atomic E-state index is 11.9. The fourth-order valence-corrected chi connectivity index (χ4v) is 1.78. The van der Waals surface area contributed by atoms with Crippen molar-refractivity contribution in [1.82, 2.24) is 15.3 Å². The molecule has 0 atom stereocenters. The zero-order valence-electron chi connectivity index (χ0n) is 10.9. The normalized spacial score (nSPS) is 10.2. The Labute approximate surface area is 115 Å². The number of H-pyrrole nitrogens is 1. The highest BCUT2D eigenvalue weighted by Gasteiger charge is 2.14. The van der Waals surface area contributed by atoms with Gasteiger partial charge in [0.05, 0.1) is 4.92 Å². The minimum Gasteiger partial charge on any atom is -0.352 e. The Bertz CT molecular complexity index is 623. The number of benzene rings is 1. The highest BCUT2D eigenvalue weighted by Crippen LogP contribution is 2.19. The molecule has 2 aromatic rings. The topological polar surface area (TPSA) is 101 Å². The van der Waals surface area contributed by atoms with Gasteiger partial charge in [-0.1, -0.05) is 6.07 Å². The molecule has 0 aliphatic rings. The number of hydrogen-bond acceptors (Lipinski definition) is 4. The second kappa shape index (κ2) is 5.96. The number of nitro groups is 1. The Balaban J connectivity index is 1.98. The summed E-state index contributed by atoms with van der Waals surface area (Å²) in [5.74, 6) is 0.444. The van der Waals surface area contributed by atoms with Crippen molar-refractivity contribution < 1.29 is 9.72 Å². The van der Waals surface area contributed by atoms with Crippen molar-refractivity contribution in [3.63, 3.8) is 0 Å². The van der Waals surface area contributed by atoms with Gasteiger partial charge in [-0.25, -0.2) is 4.98 Å². The van der Waals surface area contributed by atoms with Crippen molar-refractivity contribution in [2.24, 2.45) is 0 Å². The molecule has 7 heteroatoms. The lowest BCUT2D eigenvalue weighted by molar-refractivity contribution is -0.385. The highest BCUT2D eigenvalue weighted by molar-refractivity contribution is 5.94. The van der Waals surface area contributed by atoms with E-state index < -0.39 is 4.92 Å². The number of nitro benzene ring substituents is 1. The molecule has 2 N–H and O–H groups in total. The van der Waals surface area contributed by atoms with Crippen molar-refractivity contribution in [3.05, 3.63) is 57.7 Å². The number of aromatic amines is 1. The van der Waals surface area contributed by atoms with E-state index in [1.807, 2.05) is 0 Å². The van der Waals surface area contributed by atoms with E-state index in [1.165, 1.54) is 6.07 Å². The third kappa shape index (κ3) is 3.19. The number of amides is 1. The smallest absolute Gasteiger partial charge is 0.273 e. The van der Waals surface area contributed by atoms with Gasteiger partial charge in [-0.2, -0.15) is 0 Å². The van der Waals surface area contributed by atoms with Crippen LogP contribution in [0.25, 0.3) is 0 Å². The number of carbonyl (C=O) groups excluding carboxylic acids is 1. The molecule has 0 saturated heterocycles. The first kappa shape index (κ1) is 13.7. The highest BCUT2D eigenvalue weighted by atomic mass is 16.6. The summed E-state index contributed by atoms with van der Waals surface area (Å²) in [5.41, 5.74) is 0.757. The minimum atomic E-state index is -0.491. The van der Waals surface area contributed by atoms with Gasteiger partial charge in [0, 0.05) is 42.6 Å². The van der Waals surface area contributed by atoms with Crippen molar-refractivity contribution in [1.29, 1.82) is 0 Å². The monoisotopic (exact) mass is 274 g/mol. The van der Waals surface area contributed by atoms with Crippen LogP contribution in [0.4, 0.5) is 5.69 Å². The lowest BCUT2D eigenvalue weighted by atomic mass is 10.1. The van der Waals surface area contributed by atoms with E-state index in [0.717, 1.165) is 5.82 Å². The number of rotatable bonds is 5. The molecule has 2 rings (SSSR count). The van der Waals surface area contributed by atoms with E-state index in [-0.39, 0.29) is 17.2 Å². The molecule has 1 heterocycles. The average molecular weight is 274 g/mol. The largest absolute Gasteiger partial charge is 0.352 e. The van der Waals surface area contributed by atoms with Crippen LogP contribution in [-0.4, -0.2) is 27.3 Å². The fourth-order valence-electron chi connectivity index (χ4n) is 1.78. The van der Waals surface area contributed by atoms with Gasteiger partial charge in [0.15, 0.2) is 0 Å².